The molecule has 2 bridgehead atoms. The highest BCUT2D eigenvalue weighted by Gasteiger charge is 2.60. The van der Waals surface area contributed by atoms with Gasteiger partial charge >= 0.3 is 6.01 Å². The smallest absolute Gasteiger partial charge is 0.319 e. The van der Waals surface area contributed by atoms with E-state index in [1.807, 2.05) is 13.0 Å². The number of nitrogens with zero attached hydrogens (tertiary/aromatic N) is 6. The van der Waals surface area contributed by atoms with Crippen LogP contribution in [0.4, 0.5) is 24.8 Å². The minimum Gasteiger partial charge on any atom is -0.472 e. The van der Waals surface area contributed by atoms with Gasteiger partial charge in [-0.25, -0.2) is 23.1 Å². The van der Waals surface area contributed by atoms with Crippen LogP contribution in [0.3, 0.4) is 0 Å². The first kappa shape index (κ1) is 26.4. The molecule has 13 heteroatoms. The fourth-order valence-corrected chi connectivity index (χ4v) is 8.17. The minimum atomic E-state index is -2.77. The Morgan fingerprint density at radius 2 is 2.02 bits per heavy atom. The number of ether oxygens (including phenoxy) is 2. The molecule has 9 rings (SSSR count). The van der Waals surface area contributed by atoms with Gasteiger partial charge in [-0.2, -0.15) is 9.97 Å². The summed E-state index contributed by atoms with van der Waals surface area (Å²) in [4.78, 5) is 22.5. The number of rotatable bonds is 4. The van der Waals surface area contributed by atoms with Crippen molar-refractivity contribution in [1.82, 2.24) is 30.2 Å². The quantitative estimate of drug-likeness (QED) is 0.355. The van der Waals surface area contributed by atoms with Crippen molar-refractivity contribution in [2.75, 3.05) is 36.9 Å². The number of piperazine rings is 1. The molecule has 0 spiro atoms. The predicted octanol–water partition coefficient (Wildman–Crippen LogP) is 3.91. The van der Waals surface area contributed by atoms with E-state index in [4.69, 9.17) is 25.2 Å². The second-order valence-corrected chi connectivity index (χ2v) is 13.0. The molecule has 10 nitrogen and oxygen atoms in total. The number of nitrogens with one attached hydrogen (secondary N) is 1. The van der Waals surface area contributed by atoms with Crippen molar-refractivity contribution in [2.24, 2.45) is 0 Å². The van der Waals surface area contributed by atoms with E-state index >= 15 is 4.39 Å². The average molecular weight is 605 g/mol. The first-order valence-corrected chi connectivity index (χ1v) is 15.2. The highest BCUT2D eigenvalue weighted by Crippen LogP contribution is 2.48. The van der Waals surface area contributed by atoms with Gasteiger partial charge in [0.2, 0.25) is 5.88 Å². The third-order valence-electron chi connectivity index (χ3n) is 10.2. The predicted molar refractivity (Wildman–Crippen MR) is 158 cm³/mol. The number of alkyl halides is 2. The maximum Gasteiger partial charge on any atom is 0.319 e. The number of fused-ring (bicyclic) bond motifs is 7. The van der Waals surface area contributed by atoms with Crippen LogP contribution >= 0.6 is 0 Å². The molecule has 8 heterocycles. The molecule has 0 amide bonds. The Hall–Kier alpha value is -3.97. The molecule has 0 aliphatic carbocycles. The lowest BCUT2D eigenvalue weighted by molar-refractivity contribution is -0.0132. The summed E-state index contributed by atoms with van der Waals surface area (Å²) in [6.07, 6.45) is 2.04. The molecule has 1 aromatic carbocycles. The number of hydrogen-bond donors (Lipinski definition) is 2. The van der Waals surface area contributed by atoms with E-state index in [1.54, 1.807) is 29.2 Å². The first-order chi connectivity index (χ1) is 21.2. The van der Waals surface area contributed by atoms with E-state index in [0.29, 0.717) is 53.0 Å². The normalized spacial score (nSPS) is 30.0. The van der Waals surface area contributed by atoms with Crippen LogP contribution in [0, 0.1) is 5.82 Å². The van der Waals surface area contributed by atoms with Crippen LogP contribution in [0.2, 0.25) is 0 Å². The monoisotopic (exact) mass is 604 g/mol. The molecule has 5 aliphatic heterocycles. The minimum absolute atomic E-state index is 0.000491. The molecule has 4 fully saturated rings. The Labute approximate surface area is 250 Å². The zero-order valence-electron chi connectivity index (χ0n) is 24.1. The maximum absolute atomic E-state index is 16.8. The van der Waals surface area contributed by atoms with E-state index in [0.717, 1.165) is 12.8 Å². The van der Waals surface area contributed by atoms with Crippen molar-refractivity contribution in [3.63, 3.8) is 0 Å². The molecule has 3 aromatic heterocycles. The summed E-state index contributed by atoms with van der Waals surface area (Å²) >= 11 is 0. The molecule has 5 aliphatic rings. The largest absolute Gasteiger partial charge is 0.472 e. The van der Waals surface area contributed by atoms with Crippen LogP contribution in [0.5, 0.6) is 11.9 Å². The van der Waals surface area contributed by atoms with Crippen LogP contribution in [0.1, 0.15) is 32.6 Å². The number of anilines is 2. The average Bonchev–Trinajstić information content (AvgIpc) is 3.41. The van der Waals surface area contributed by atoms with Crippen molar-refractivity contribution < 1.29 is 22.6 Å². The number of aromatic nitrogens is 4. The van der Waals surface area contributed by atoms with E-state index in [9.17, 15) is 8.78 Å². The summed E-state index contributed by atoms with van der Waals surface area (Å²) in [6.45, 7) is 2.98. The lowest BCUT2D eigenvalue weighted by Gasteiger charge is -2.46. The number of nitrogens with two attached hydrogens (primary N) is 1. The standard InChI is InChI=1S/C31H31F3N8O2/c1-15-26-20-7-5-16(36-20)11-42(26)27-22-25(39-29(40-27)43-14-30-9-10-41(30)13-31(33,34)12-30)23(32)24(38-28(22)44-15)18-3-2-4-19-17(18)6-8-21(35)37-19/h2-4,6,8,15-16,20,26,36H,5,7,9-14H2,1H3,(H2,35,37)/t15-,16+,20-,26+,30+/m0/s1. The van der Waals surface area contributed by atoms with E-state index in [1.165, 1.54) is 0 Å². The Balaban J connectivity index is 1.22. The third-order valence-corrected chi connectivity index (χ3v) is 10.2. The Bertz CT molecular complexity index is 1860. The van der Waals surface area contributed by atoms with E-state index in [2.05, 4.69) is 20.2 Å². The fourth-order valence-electron chi connectivity index (χ4n) is 8.17. The second kappa shape index (κ2) is 9.04. The van der Waals surface area contributed by atoms with Crippen LogP contribution in [0.25, 0.3) is 33.1 Å². The van der Waals surface area contributed by atoms with Crippen molar-refractivity contribution >= 4 is 33.4 Å². The van der Waals surface area contributed by atoms with Gasteiger partial charge in [-0.15, -0.1) is 0 Å². The molecule has 44 heavy (non-hydrogen) atoms. The summed E-state index contributed by atoms with van der Waals surface area (Å²) in [5.74, 6) is -2.32. The molecular weight excluding hydrogens is 573 g/mol. The number of pyridine rings is 2. The van der Waals surface area contributed by atoms with Gasteiger partial charge in [-0.05, 0) is 44.4 Å². The lowest BCUT2D eigenvalue weighted by atomic mass is 9.85. The number of halogens is 3. The summed E-state index contributed by atoms with van der Waals surface area (Å²) < 4.78 is 58.2. The molecule has 0 unspecified atom stereocenters. The number of hydrogen-bond acceptors (Lipinski definition) is 10. The summed E-state index contributed by atoms with van der Waals surface area (Å²) in [6, 6.07) is 9.12. The van der Waals surface area contributed by atoms with Gasteiger partial charge in [0.05, 0.1) is 23.6 Å². The van der Waals surface area contributed by atoms with Crippen molar-refractivity contribution in [1.29, 1.82) is 0 Å². The highest BCUT2D eigenvalue weighted by atomic mass is 19.3. The molecule has 228 valence electrons. The molecule has 4 aromatic rings. The Kier molecular flexibility index (Phi) is 5.43. The van der Waals surface area contributed by atoms with Gasteiger partial charge < -0.3 is 25.4 Å². The lowest BCUT2D eigenvalue weighted by Crippen LogP contribution is -2.62. The van der Waals surface area contributed by atoms with Gasteiger partial charge in [0.15, 0.2) is 5.82 Å². The molecule has 5 atom stereocenters. The maximum atomic E-state index is 16.8. The van der Waals surface area contributed by atoms with Crippen LogP contribution in [-0.2, 0) is 0 Å². The second-order valence-electron chi connectivity index (χ2n) is 13.0. The van der Waals surface area contributed by atoms with Crippen molar-refractivity contribution in [2.45, 2.75) is 68.3 Å². The Morgan fingerprint density at radius 1 is 1.14 bits per heavy atom. The molecule has 3 N–H and O–H groups in total. The summed E-state index contributed by atoms with van der Waals surface area (Å²) in [5, 5.41) is 4.76. The van der Waals surface area contributed by atoms with Gasteiger partial charge in [-0.1, -0.05) is 12.1 Å². The molecule has 0 radical (unpaired) electrons. The number of nitrogen functional groups attached to an aromatic ring is 1. The van der Waals surface area contributed by atoms with Crippen LogP contribution < -0.4 is 25.4 Å². The van der Waals surface area contributed by atoms with Crippen LogP contribution in [-0.4, -0.2) is 86.8 Å². The molecular formula is C31H31F3N8O2. The van der Waals surface area contributed by atoms with Gasteiger partial charge in [-0.3, -0.25) is 4.90 Å². The number of benzene rings is 1. The highest BCUT2D eigenvalue weighted by molar-refractivity contribution is 6.00. The topological polar surface area (TPSA) is 115 Å². The zero-order valence-corrected chi connectivity index (χ0v) is 24.1. The van der Waals surface area contributed by atoms with Gasteiger partial charge in [0, 0.05) is 42.5 Å². The van der Waals surface area contributed by atoms with E-state index in [-0.39, 0.29) is 66.9 Å². The fraction of sp³-hybridized carbons (Fsp3) is 0.484. The Morgan fingerprint density at radius 3 is 2.84 bits per heavy atom. The first-order valence-electron chi connectivity index (χ1n) is 15.2. The van der Waals surface area contributed by atoms with Gasteiger partial charge in [0.25, 0.3) is 5.92 Å². The van der Waals surface area contributed by atoms with Gasteiger partial charge in [0.1, 0.15) is 40.9 Å². The third kappa shape index (κ3) is 3.81. The van der Waals surface area contributed by atoms with Crippen LogP contribution in [0.15, 0.2) is 30.3 Å². The van der Waals surface area contributed by atoms with E-state index < -0.39 is 17.3 Å². The van der Waals surface area contributed by atoms with Crippen molar-refractivity contribution in [3.8, 4) is 23.1 Å². The SMILES string of the molecule is C[C@@H]1Oc2nc(-c3cccc4nc(N)ccc34)c(F)c3nc(OC[C@]45CCN4CC(F)(F)C5)nc(c23)N2C[C@H]3CC[C@H](N3)[C@@H]12. The summed E-state index contributed by atoms with van der Waals surface area (Å²) in [5.41, 5.74) is 6.36. The zero-order chi connectivity index (χ0) is 30.0. The van der Waals surface area contributed by atoms with Crippen molar-refractivity contribution in [3.05, 3.63) is 36.1 Å². The summed E-state index contributed by atoms with van der Waals surface area (Å²) in [7, 11) is 0. The molecule has 0 saturated carbocycles. The molecule has 4 saturated heterocycles.